The van der Waals surface area contributed by atoms with Crippen molar-refractivity contribution < 1.29 is 13.9 Å². The standard InChI is InChI=1S/C13H14FNO2/c1-2-12-11(7-8-16)15-13(17-12)9-3-5-10(14)6-4-9/h3-6,16H,2,7-8H2,1H3. The lowest BCUT2D eigenvalue weighted by atomic mass is 10.2. The third-order valence-corrected chi connectivity index (χ3v) is 2.54. The van der Waals surface area contributed by atoms with E-state index >= 15 is 0 Å². The normalized spacial score (nSPS) is 10.8. The van der Waals surface area contributed by atoms with Crippen LogP contribution >= 0.6 is 0 Å². The largest absolute Gasteiger partial charge is 0.441 e. The molecule has 0 aliphatic rings. The van der Waals surface area contributed by atoms with Crippen molar-refractivity contribution in [2.45, 2.75) is 19.8 Å². The Balaban J connectivity index is 2.35. The second-order valence-corrected chi connectivity index (χ2v) is 3.72. The predicted octanol–water partition coefficient (Wildman–Crippen LogP) is 2.58. The van der Waals surface area contributed by atoms with E-state index in [1.54, 1.807) is 12.1 Å². The number of aliphatic hydroxyl groups is 1. The lowest BCUT2D eigenvalue weighted by Crippen LogP contribution is -1.94. The molecular weight excluding hydrogens is 221 g/mol. The van der Waals surface area contributed by atoms with Gasteiger partial charge >= 0.3 is 0 Å². The molecule has 1 aromatic heterocycles. The molecule has 0 aliphatic heterocycles. The molecule has 2 rings (SSSR count). The molecule has 0 amide bonds. The summed E-state index contributed by atoms with van der Waals surface area (Å²) in [6, 6.07) is 6.00. The number of aromatic nitrogens is 1. The number of aryl methyl sites for hydroxylation is 1. The lowest BCUT2D eigenvalue weighted by molar-refractivity contribution is 0.297. The Morgan fingerprint density at radius 2 is 2.00 bits per heavy atom. The molecule has 0 saturated carbocycles. The van der Waals surface area contributed by atoms with Crippen molar-refractivity contribution in [2.24, 2.45) is 0 Å². The Morgan fingerprint density at radius 1 is 1.29 bits per heavy atom. The van der Waals surface area contributed by atoms with Crippen LogP contribution in [0.2, 0.25) is 0 Å². The van der Waals surface area contributed by atoms with E-state index in [1.807, 2.05) is 6.92 Å². The van der Waals surface area contributed by atoms with E-state index in [0.717, 1.165) is 23.4 Å². The summed E-state index contributed by atoms with van der Waals surface area (Å²) < 4.78 is 18.4. The van der Waals surface area contributed by atoms with E-state index in [0.29, 0.717) is 12.3 Å². The lowest BCUT2D eigenvalue weighted by Gasteiger charge is -1.94. The van der Waals surface area contributed by atoms with Crippen molar-refractivity contribution in [1.29, 1.82) is 0 Å². The maximum Gasteiger partial charge on any atom is 0.226 e. The van der Waals surface area contributed by atoms with Crippen LogP contribution in [0.15, 0.2) is 28.7 Å². The van der Waals surface area contributed by atoms with E-state index in [2.05, 4.69) is 4.98 Å². The number of benzene rings is 1. The fourth-order valence-corrected chi connectivity index (χ4v) is 1.68. The first-order valence-electron chi connectivity index (χ1n) is 5.60. The van der Waals surface area contributed by atoms with E-state index in [9.17, 15) is 4.39 Å². The highest BCUT2D eigenvalue weighted by atomic mass is 19.1. The van der Waals surface area contributed by atoms with Crippen LogP contribution in [-0.2, 0) is 12.8 Å². The number of rotatable bonds is 4. The summed E-state index contributed by atoms with van der Waals surface area (Å²) in [4.78, 5) is 4.32. The topological polar surface area (TPSA) is 46.3 Å². The quantitative estimate of drug-likeness (QED) is 0.885. The van der Waals surface area contributed by atoms with Crippen LogP contribution in [-0.4, -0.2) is 16.7 Å². The third kappa shape index (κ3) is 2.53. The van der Waals surface area contributed by atoms with Gasteiger partial charge < -0.3 is 9.52 Å². The number of hydrogen-bond acceptors (Lipinski definition) is 3. The highest BCUT2D eigenvalue weighted by molar-refractivity contribution is 5.53. The van der Waals surface area contributed by atoms with Gasteiger partial charge in [0.1, 0.15) is 11.6 Å². The molecule has 90 valence electrons. The minimum absolute atomic E-state index is 0.0440. The zero-order valence-electron chi connectivity index (χ0n) is 9.61. The van der Waals surface area contributed by atoms with E-state index in [-0.39, 0.29) is 12.4 Å². The molecule has 4 heteroatoms. The van der Waals surface area contributed by atoms with Crippen LogP contribution in [0.25, 0.3) is 11.5 Å². The molecule has 0 saturated heterocycles. The fourth-order valence-electron chi connectivity index (χ4n) is 1.68. The molecule has 3 nitrogen and oxygen atoms in total. The third-order valence-electron chi connectivity index (χ3n) is 2.54. The monoisotopic (exact) mass is 235 g/mol. The Labute approximate surface area is 98.9 Å². The Hall–Kier alpha value is -1.68. The first kappa shape index (κ1) is 11.8. The van der Waals surface area contributed by atoms with Gasteiger partial charge in [0.25, 0.3) is 0 Å². The molecule has 0 spiro atoms. The summed E-state index contributed by atoms with van der Waals surface area (Å²) in [6.45, 7) is 2.01. The highest BCUT2D eigenvalue weighted by Gasteiger charge is 2.12. The summed E-state index contributed by atoms with van der Waals surface area (Å²) >= 11 is 0. The summed E-state index contributed by atoms with van der Waals surface area (Å²) in [5.74, 6) is 0.968. The minimum atomic E-state index is -0.286. The smallest absolute Gasteiger partial charge is 0.226 e. The summed E-state index contributed by atoms with van der Waals surface area (Å²) in [5, 5.41) is 8.92. The Kier molecular flexibility index (Phi) is 3.54. The average molecular weight is 235 g/mol. The van der Waals surface area contributed by atoms with Gasteiger partial charge in [-0.2, -0.15) is 0 Å². The average Bonchev–Trinajstić information content (AvgIpc) is 2.74. The van der Waals surface area contributed by atoms with E-state index in [4.69, 9.17) is 9.52 Å². The summed E-state index contributed by atoms with van der Waals surface area (Å²) in [5.41, 5.74) is 1.51. The molecule has 1 heterocycles. The molecule has 2 aromatic rings. The van der Waals surface area contributed by atoms with Crippen LogP contribution in [0.4, 0.5) is 4.39 Å². The van der Waals surface area contributed by atoms with E-state index in [1.165, 1.54) is 12.1 Å². The first-order valence-corrected chi connectivity index (χ1v) is 5.60. The number of halogens is 1. The van der Waals surface area contributed by atoms with Crippen molar-refractivity contribution in [3.05, 3.63) is 41.5 Å². The maximum atomic E-state index is 12.8. The number of hydrogen-bond donors (Lipinski definition) is 1. The van der Waals surface area contributed by atoms with Gasteiger partial charge in [-0.05, 0) is 24.3 Å². The molecule has 17 heavy (non-hydrogen) atoms. The maximum absolute atomic E-state index is 12.8. The van der Waals surface area contributed by atoms with Gasteiger partial charge in [-0.3, -0.25) is 0 Å². The minimum Gasteiger partial charge on any atom is -0.441 e. The molecule has 0 unspecified atom stereocenters. The molecule has 0 fully saturated rings. The van der Waals surface area contributed by atoms with Crippen LogP contribution in [0.1, 0.15) is 18.4 Å². The first-order chi connectivity index (χ1) is 8.24. The van der Waals surface area contributed by atoms with Crippen molar-refractivity contribution in [2.75, 3.05) is 6.61 Å². The molecule has 1 N–H and O–H groups in total. The van der Waals surface area contributed by atoms with Gasteiger partial charge in [0.05, 0.1) is 5.69 Å². The van der Waals surface area contributed by atoms with Crippen molar-refractivity contribution in [3.8, 4) is 11.5 Å². The van der Waals surface area contributed by atoms with Gasteiger partial charge in [0.2, 0.25) is 5.89 Å². The highest BCUT2D eigenvalue weighted by Crippen LogP contribution is 2.23. The van der Waals surface area contributed by atoms with Gasteiger partial charge in [-0.15, -0.1) is 0 Å². The van der Waals surface area contributed by atoms with Crippen LogP contribution in [0.5, 0.6) is 0 Å². The van der Waals surface area contributed by atoms with Gasteiger partial charge in [0.15, 0.2) is 0 Å². The number of nitrogens with zero attached hydrogens (tertiary/aromatic N) is 1. The summed E-state index contributed by atoms with van der Waals surface area (Å²) in [6.07, 6.45) is 1.21. The molecule has 0 aliphatic carbocycles. The van der Waals surface area contributed by atoms with Gasteiger partial charge in [0, 0.05) is 25.0 Å². The number of aliphatic hydroxyl groups excluding tert-OH is 1. The molecule has 0 bridgehead atoms. The molecular formula is C13H14FNO2. The predicted molar refractivity (Wildman–Crippen MR) is 62.1 cm³/mol. The van der Waals surface area contributed by atoms with Crippen molar-refractivity contribution in [1.82, 2.24) is 4.98 Å². The molecule has 0 atom stereocenters. The second kappa shape index (κ2) is 5.10. The van der Waals surface area contributed by atoms with Gasteiger partial charge in [-0.25, -0.2) is 9.37 Å². The fraction of sp³-hybridized carbons (Fsp3) is 0.308. The van der Waals surface area contributed by atoms with Gasteiger partial charge in [-0.1, -0.05) is 6.92 Å². The molecule has 0 radical (unpaired) electrons. The van der Waals surface area contributed by atoms with Crippen molar-refractivity contribution >= 4 is 0 Å². The van der Waals surface area contributed by atoms with Crippen LogP contribution < -0.4 is 0 Å². The summed E-state index contributed by atoms with van der Waals surface area (Å²) in [7, 11) is 0. The SMILES string of the molecule is CCc1oc(-c2ccc(F)cc2)nc1CCO. The van der Waals surface area contributed by atoms with Crippen LogP contribution in [0.3, 0.4) is 0 Å². The number of oxazole rings is 1. The second-order valence-electron chi connectivity index (χ2n) is 3.72. The Morgan fingerprint density at radius 3 is 2.59 bits per heavy atom. The zero-order valence-corrected chi connectivity index (χ0v) is 9.61. The van der Waals surface area contributed by atoms with E-state index < -0.39 is 0 Å². The Bertz CT molecular complexity index is 491. The zero-order chi connectivity index (χ0) is 12.3. The molecule has 1 aromatic carbocycles. The van der Waals surface area contributed by atoms with Crippen molar-refractivity contribution in [3.63, 3.8) is 0 Å². The van der Waals surface area contributed by atoms with Crippen LogP contribution in [0, 0.1) is 5.82 Å².